The fraction of sp³-hybridized carbons (Fsp3) is 0.636. The Morgan fingerprint density at radius 1 is 1.53 bits per heavy atom. The summed E-state index contributed by atoms with van der Waals surface area (Å²) in [4.78, 5) is 7.82. The molecule has 2 rings (SSSR count). The molecule has 1 heterocycles. The fourth-order valence-electron chi connectivity index (χ4n) is 1.79. The molecule has 1 saturated carbocycles. The molecule has 1 N–H and O–H groups in total. The topological polar surface area (TPSA) is 55.2 Å². The number of alkyl halides is 2. The molecule has 1 aliphatic carbocycles. The zero-order valence-corrected chi connectivity index (χ0v) is 9.44. The van der Waals surface area contributed by atoms with E-state index in [9.17, 15) is 8.78 Å². The first-order valence-electron chi connectivity index (χ1n) is 5.45. The molecule has 1 atom stereocenters. The average Bonchev–Trinajstić information content (AvgIpc) is 3.14. The Morgan fingerprint density at radius 3 is 2.71 bits per heavy atom. The number of methoxy groups -OCH3 is 1. The first-order valence-corrected chi connectivity index (χ1v) is 5.45. The SMILES string of the molecule is COC(c1ncc(CO)c(C(F)F)n1)C1CC1. The van der Waals surface area contributed by atoms with E-state index in [2.05, 4.69) is 9.97 Å². The van der Waals surface area contributed by atoms with Crippen molar-refractivity contribution in [3.8, 4) is 0 Å². The first-order chi connectivity index (χ1) is 8.17. The van der Waals surface area contributed by atoms with Gasteiger partial charge in [-0.25, -0.2) is 18.7 Å². The summed E-state index contributed by atoms with van der Waals surface area (Å²) in [6.45, 7) is -0.485. The van der Waals surface area contributed by atoms with Crippen LogP contribution in [0.25, 0.3) is 0 Å². The van der Waals surface area contributed by atoms with Gasteiger partial charge in [0, 0.05) is 18.9 Å². The summed E-state index contributed by atoms with van der Waals surface area (Å²) in [5.41, 5.74) is -0.338. The molecule has 17 heavy (non-hydrogen) atoms. The third kappa shape index (κ3) is 2.58. The number of rotatable bonds is 5. The van der Waals surface area contributed by atoms with Gasteiger partial charge in [-0.1, -0.05) is 0 Å². The molecule has 0 spiro atoms. The number of aromatic nitrogens is 2. The quantitative estimate of drug-likeness (QED) is 0.860. The van der Waals surface area contributed by atoms with Crippen molar-refractivity contribution in [2.75, 3.05) is 7.11 Å². The molecule has 1 fully saturated rings. The molecule has 0 radical (unpaired) electrons. The predicted octanol–water partition coefficient (Wildman–Crippen LogP) is 2.00. The molecule has 1 aromatic rings. The smallest absolute Gasteiger partial charge is 0.280 e. The third-order valence-electron chi connectivity index (χ3n) is 2.85. The summed E-state index contributed by atoms with van der Waals surface area (Å²) >= 11 is 0. The van der Waals surface area contributed by atoms with Gasteiger partial charge >= 0.3 is 0 Å². The van der Waals surface area contributed by atoms with Gasteiger partial charge in [0.25, 0.3) is 6.43 Å². The number of aliphatic hydroxyl groups is 1. The minimum Gasteiger partial charge on any atom is -0.392 e. The predicted molar refractivity (Wildman–Crippen MR) is 55.4 cm³/mol. The van der Waals surface area contributed by atoms with Gasteiger partial charge in [-0.2, -0.15) is 0 Å². The second-order valence-electron chi connectivity index (χ2n) is 4.09. The molecule has 1 unspecified atom stereocenters. The molecular weight excluding hydrogens is 230 g/mol. The van der Waals surface area contributed by atoms with Crippen LogP contribution in [0.2, 0.25) is 0 Å². The maximum absolute atomic E-state index is 12.7. The summed E-state index contributed by atoms with van der Waals surface area (Å²) < 4.78 is 30.7. The zero-order chi connectivity index (χ0) is 12.4. The van der Waals surface area contributed by atoms with Crippen molar-refractivity contribution in [3.63, 3.8) is 0 Å². The van der Waals surface area contributed by atoms with Crippen molar-refractivity contribution < 1.29 is 18.6 Å². The van der Waals surface area contributed by atoms with Crippen LogP contribution in [0.15, 0.2) is 6.20 Å². The van der Waals surface area contributed by atoms with E-state index in [-0.39, 0.29) is 17.5 Å². The Hall–Kier alpha value is -1.14. The maximum Gasteiger partial charge on any atom is 0.280 e. The lowest BCUT2D eigenvalue weighted by atomic mass is 10.2. The maximum atomic E-state index is 12.7. The van der Waals surface area contributed by atoms with E-state index in [4.69, 9.17) is 9.84 Å². The van der Waals surface area contributed by atoms with Crippen LogP contribution in [0.5, 0.6) is 0 Å². The molecule has 0 bridgehead atoms. The van der Waals surface area contributed by atoms with Crippen molar-refractivity contribution in [1.82, 2.24) is 9.97 Å². The second-order valence-corrected chi connectivity index (χ2v) is 4.09. The van der Waals surface area contributed by atoms with E-state index < -0.39 is 18.7 Å². The van der Waals surface area contributed by atoms with Gasteiger partial charge in [0.05, 0.1) is 6.61 Å². The van der Waals surface area contributed by atoms with Crippen molar-refractivity contribution >= 4 is 0 Å². The van der Waals surface area contributed by atoms with Gasteiger partial charge < -0.3 is 9.84 Å². The van der Waals surface area contributed by atoms with Crippen LogP contribution >= 0.6 is 0 Å². The Morgan fingerprint density at radius 2 is 2.24 bits per heavy atom. The van der Waals surface area contributed by atoms with E-state index in [0.29, 0.717) is 5.92 Å². The minimum absolute atomic E-state index is 0.0643. The van der Waals surface area contributed by atoms with E-state index in [1.54, 1.807) is 0 Å². The molecular formula is C11H14F2N2O2. The van der Waals surface area contributed by atoms with Crippen molar-refractivity contribution in [2.24, 2.45) is 5.92 Å². The molecule has 0 amide bonds. The van der Waals surface area contributed by atoms with Gasteiger partial charge in [-0.15, -0.1) is 0 Å². The molecule has 6 heteroatoms. The largest absolute Gasteiger partial charge is 0.392 e. The average molecular weight is 244 g/mol. The molecule has 0 saturated heterocycles. The lowest BCUT2D eigenvalue weighted by Gasteiger charge is -2.14. The highest BCUT2D eigenvalue weighted by molar-refractivity contribution is 5.19. The van der Waals surface area contributed by atoms with Crippen LogP contribution in [0.1, 0.15) is 42.5 Å². The summed E-state index contributed by atoms with van der Waals surface area (Å²) in [5, 5.41) is 8.93. The number of hydrogen-bond acceptors (Lipinski definition) is 4. The molecule has 0 aromatic carbocycles. The number of hydrogen-bond donors (Lipinski definition) is 1. The molecule has 94 valence electrons. The van der Waals surface area contributed by atoms with Crippen LogP contribution in [0, 0.1) is 5.92 Å². The fourth-order valence-corrected chi connectivity index (χ4v) is 1.79. The number of ether oxygens (including phenoxy) is 1. The van der Waals surface area contributed by atoms with Gasteiger partial charge in [0.2, 0.25) is 0 Å². The molecule has 4 nitrogen and oxygen atoms in total. The van der Waals surface area contributed by atoms with Gasteiger partial charge in [0.15, 0.2) is 5.82 Å². The van der Waals surface area contributed by atoms with Crippen LogP contribution in [0.4, 0.5) is 8.78 Å². The highest BCUT2D eigenvalue weighted by Gasteiger charge is 2.35. The van der Waals surface area contributed by atoms with Crippen LogP contribution < -0.4 is 0 Å². The monoisotopic (exact) mass is 244 g/mol. The van der Waals surface area contributed by atoms with E-state index in [0.717, 1.165) is 12.8 Å². The lowest BCUT2D eigenvalue weighted by Crippen LogP contribution is -2.12. The number of nitrogens with zero attached hydrogens (tertiary/aromatic N) is 2. The summed E-state index contributed by atoms with van der Waals surface area (Å²) in [6, 6.07) is 0. The zero-order valence-electron chi connectivity index (χ0n) is 9.44. The third-order valence-corrected chi connectivity index (χ3v) is 2.85. The number of halogens is 2. The Labute approximate surface area is 97.7 Å². The normalized spacial score (nSPS) is 17.5. The Balaban J connectivity index is 2.31. The van der Waals surface area contributed by atoms with Gasteiger partial charge in [0.1, 0.15) is 11.8 Å². The highest BCUT2D eigenvalue weighted by atomic mass is 19.3. The minimum atomic E-state index is -2.71. The van der Waals surface area contributed by atoms with Crippen LogP contribution in [0.3, 0.4) is 0 Å². The molecule has 1 aromatic heterocycles. The van der Waals surface area contributed by atoms with Crippen molar-refractivity contribution in [3.05, 3.63) is 23.3 Å². The van der Waals surface area contributed by atoms with Crippen molar-refractivity contribution in [2.45, 2.75) is 32.0 Å². The molecule has 1 aliphatic rings. The standard InChI is InChI=1S/C11H14F2N2O2/c1-17-9(6-2-3-6)11-14-4-7(5-16)8(15-11)10(12)13/h4,6,9-10,16H,2-3,5H2,1H3. The van der Waals surface area contributed by atoms with Crippen molar-refractivity contribution in [1.29, 1.82) is 0 Å². The van der Waals surface area contributed by atoms with Crippen LogP contribution in [-0.4, -0.2) is 22.2 Å². The highest BCUT2D eigenvalue weighted by Crippen LogP contribution is 2.42. The van der Waals surface area contributed by atoms with E-state index in [1.165, 1.54) is 13.3 Å². The Bertz CT molecular complexity index is 397. The summed E-state index contributed by atoms with van der Waals surface area (Å²) in [7, 11) is 1.52. The van der Waals surface area contributed by atoms with Gasteiger partial charge in [-0.3, -0.25) is 0 Å². The summed E-state index contributed by atoms with van der Waals surface area (Å²) in [5.74, 6) is 0.605. The Kier molecular flexibility index (Phi) is 3.63. The first kappa shape index (κ1) is 12.3. The summed E-state index contributed by atoms with van der Waals surface area (Å²) in [6.07, 6.45) is 0.232. The molecule has 0 aliphatic heterocycles. The van der Waals surface area contributed by atoms with E-state index >= 15 is 0 Å². The van der Waals surface area contributed by atoms with Gasteiger partial charge in [-0.05, 0) is 18.8 Å². The van der Waals surface area contributed by atoms with E-state index in [1.807, 2.05) is 0 Å². The van der Waals surface area contributed by atoms with Crippen LogP contribution in [-0.2, 0) is 11.3 Å². The second kappa shape index (κ2) is 5.01. The lowest BCUT2D eigenvalue weighted by molar-refractivity contribution is 0.0751. The number of aliphatic hydroxyl groups excluding tert-OH is 1.